The fraction of sp³-hybridized carbons (Fsp3) is 0.529. The number of rotatable bonds is 4. The van der Waals surface area contributed by atoms with E-state index in [9.17, 15) is 22.8 Å². The number of nitrogens with zero attached hydrogens (tertiary/aromatic N) is 1. The second-order valence-corrected chi connectivity index (χ2v) is 6.08. The summed E-state index contributed by atoms with van der Waals surface area (Å²) in [5.74, 6) is -0.795. The molecule has 1 amide bonds. The number of carbonyl (C=O) groups excluding carboxylic acids is 2. The van der Waals surface area contributed by atoms with Crippen molar-refractivity contribution in [2.75, 3.05) is 25.5 Å². The molecule has 1 aliphatic heterocycles. The van der Waals surface area contributed by atoms with Gasteiger partial charge in [0.2, 0.25) is 5.91 Å². The van der Waals surface area contributed by atoms with E-state index in [2.05, 4.69) is 5.32 Å². The first-order valence-corrected chi connectivity index (χ1v) is 8.02. The van der Waals surface area contributed by atoms with Crippen molar-refractivity contribution in [2.24, 2.45) is 5.92 Å². The van der Waals surface area contributed by atoms with Gasteiger partial charge in [-0.25, -0.2) is 0 Å². The maximum atomic E-state index is 12.7. The number of esters is 1. The number of nitrogens with one attached hydrogen (secondary N) is 1. The molecule has 25 heavy (non-hydrogen) atoms. The number of ether oxygens (including phenoxy) is 1. The highest BCUT2D eigenvalue weighted by atomic mass is 19.4. The van der Waals surface area contributed by atoms with Gasteiger partial charge in [-0.15, -0.1) is 0 Å². The second kappa shape index (κ2) is 7.86. The summed E-state index contributed by atoms with van der Waals surface area (Å²) in [4.78, 5) is 25.7. The summed E-state index contributed by atoms with van der Waals surface area (Å²) in [6.45, 7) is 2.80. The lowest BCUT2D eigenvalue weighted by Gasteiger charge is -2.34. The Balaban J connectivity index is 1.94. The molecule has 5 nitrogen and oxygen atoms in total. The fourth-order valence-electron chi connectivity index (χ4n) is 2.87. The van der Waals surface area contributed by atoms with Crippen LogP contribution in [-0.2, 0) is 20.5 Å². The molecule has 1 fully saturated rings. The first kappa shape index (κ1) is 19.2. The van der Waals surface area contributed by atoms with Crippen molar-refractivity contribution in [1.29, 1.82) is 0 Å². The average Bonchev–Trinajstić information content (AvgIpc) is 2.60. The third-order valence-corrected chi connectivity index (χ3v) is 4.45. The van der Waals surface area contributed by atoms with E-state index >= 15 is 0 Å². The molecule has 1 aliphatic rings. The molecular formula is C17H21F3N2O3. The standard InChI is InChI=1S/C17H21F3N2O3/c1-11(22-8-6-12(7-9-22)16(24)25-2)15(23)21-14-5-3-4-13(10-14)17(18,19)20/h3-5,10-12H,6-9H2,1-2H3,(H,21,23)/t11-/m1/s1. The number of likely N-dealkylation sites (tertiary alicyclic amines) is 1. The molecule has 0 aromatic heterocycles. The summed E-state index contributed by atoms with van der Waals surface area (Å²) in [5.41, 5.74) is -0.701. The van der Waals surface area contributed by atoms with Crippen molar-refractivity contribution in [3.05, 3.63) is 29.8 Å². The Morgan fingerprint density at radius 1 is 1.28 bits per heavy atom. The number of hydrogen-bond donors (Lipinski definition) is 1. The zero-order valence-electron chi connectivity index (χ0n) is 14.1. The van der Waals surface area contributed by atoms with E-state index in [1.165, 1.54) is 19.2 Å². The van der Waals surface area contributed by atoms with Crippen LogP contribution in [0.3, 0.4) is 0 Å². The van der Waals surface area contributed by atoms with Gasteiger partial charge in [0.15, 0.2) is 0 Å². The maximum Gasteiger partial charge on any atom is 0.416 e. The SMILES string of the molecule is COC(=O)C1CCN([C@H](C)C(=O)Nc2cccc(C(F)(F)F)c2)CC1. The Bertz CT molecular complexity index is 626. The van der Waals surface area contributed by atoms with Gasteiger partial charge < -0.3 is 10.1 Å². The molecule has 1 N–H and O–H groups in total. The molecule has 0 aliphatic carbocycles. The molecule has 1 saturated heterocycles. The number of anilines is 1. The third kappa shape index (κ3) is 4.94. The van der Waals surface area contributed by atoms with Crippen molar-refractivity contribution in [3.8, 4) is 0 Å². The smallest absolute Gasteiger partial charge is 0.416 e. The predicted molar refractivity (Wildman–Crippen MR) is 85.8 cm³/mol. The molecule has 1 aromatic carbocycles. The van der Waals surface area contributed by atoms with Crippen molar-refractivity contribution >= 4 is 17.6 Å². The number of halogens is 3. The van der Waals surface area contributed by atoms with Crippen molar-refractivity contribution in [2.45, 2.75) is 32.0 Å². The van der Waals surface area contributed by atoms with Crippen LogP contribution in [0.25, 0.3) is 0 Å². The van der Waals surface area contributed by atoms with Crippen LogP contribution >= 0.6 is 0 Å². The molecule has 2 rings (SSSR count). The molecule has 0 unspecified atom stereocenters. The van der Waals surface area contributed by atoms with Crippen molar-refractivity contribution in [1.82, 2.24) is 4.90 Å². The van der Waals surface area contributed by atoms with Gasteiger partial charge in [-0.1, -0.05) is 6.07 Å². The summed E-state index contributed by atoms with van der Waals surface area (Å²) >= 11 is 0. The van der Waals surface area contributed by atoms with Crippen LogP contribution in [0, 0.1) is 5.92 Å². The number of methoxy groups -OCH3 is 1. The third-order valence-electron chi connectivity index (χ3n) is 4.45. The van der Waals surface area contributed by atoms with Crippen LogP contribution in [0.1, 0.15) is 25.3 Å². The van der Waals surface area contributed by atoms with E-state index in [1.54, 1.807) is 6.92 Å². The van der Waals surface area contributed by atoms with Crippen LogP contribution in [0.4, 0.5) is 18.9 Å². The Kier molecular flexibility index (Phi) is 6.05. The van der Waals surface area contributed by atoms with Gasteiger partial charge in [0.05, 0.1) is 24.6 Å². The highest BCUT2D eigenvalue weighted by Gasteiger charge is 2.32. The zero-order chi connectivity index (χ0) is 18.6. The molecule has 1 aromatic rings. The van der Waals surface area contributed by atoms with Gasteiger partial charge in [-0.05, 0) is 51.1 Å². The lowest BCUT2D eigenvalue weighted by molar-refractivity contribution is -0.147. The number of alkyl halides is 3. The van der Waals surface area contributed by atoms with Crippen LogP contribution in [0.5, 0.6) is 0 Å². The zero-order valence-corrected chi connectivity index (χ0v) is 14.1. The minimum Gasteiger partial charge on any atom is -0.469 e. The summed E-state index contributed by atoms with van der Waals surface area (Å²) in [5, 5.41) is 2.52. The minimum atomic E-state index is -4.46. The van der Waals surface area contributed by atoms with E-state index in [0.29, 0.717) is 25.9 Å². The molecular weight excluding hydrogens is 337 g/mol. The number of hydrogen-bond acceptors (Lipinski definition) is 4. The number of carbonyl (C=O) groups is 2. The first-order valence-electron chi connectivity index (χ1n) is 8.02. The van der Waals surface area contributed by atoms with E-state index in [4.69, 9.17) is 4.74 Å². The quantitative estimate of drug-likeness (QED) is 0.841. The molecule has 0 bridgehead atoms. The minimum absolute atomic E-state index is 0.108. The summed E-state index contributed by atoms with van der Waals surface area (Å²) < 4.78 is 42.9. The number of piperidine rings is 1. The lowest BCUT2D eigenvalue weighted by atomic mass is 9.96. The Hall–Kier alpha value is -2.09. The number of benzene rings is 1. The molecule has 0 spiro atoms. The predicted octanol–water partition coefficient (Wildman–Crippen LogP) is 2.92. The normalized spacial score (nSPS) is 17.8. The first-order chi connectivity index (χ1) is 11.7. The highest BCUT2D eigenvalue weighted by molar-refractivity contribution is 5.94. The van der Waals surface area contributed by atoms with Gasteiger partial charge in [-0.3, -0.25) is 14.5 Å². The molecule has 0 saturated carbocycles. The van der Waals surface area contributed by atoms with E-state index in [0.717, 1.165) is 12.1 Å². The van der Waals surface area contributed by atoms with E-state index < -0.39 is 17.8 Å². The topological polar surface area (TPSA) is 58.6 Å². The number of amides is 1. The van der Waals surface area contributed by atoms with Gasteiger partial charge in [0.1, 0.15) is 0 Å². The van der Waals surface area contributed by atoms with E-state index in [1.807, 2.05) is 4.90 Å². The van der Waals surface area contributed by atoms with E-state index in [-0.39, 0.29) is 23.5 Å². The fourth-order valence-corrected chi connectivity index (χ4v) is 2.87. The monoisotopic (exact) mass is 358 g/mol. The van der Waals surface area contributed by atoms with Crippen molar-refractivity contribution in [3.63, 3.8) is 0 Å². The van der Waals surface area contributed by atoms with Gasteiger partial charge in [0, 0.05) is 5.69 Å². The van der Waals surface area contributed by atoms with Crippen LogP contribution in [0.2, 0.25) is 0 Å². The maximum absolute atomic E-state index is 12.7. The molecule has 138 valence electrons. The van der Waals surface area contributed by atoms with Crippen LogP contribution in [0.15, 0.2) is 24.3 Å². The lowest BCUT2D eigenvalue weighted by Crippen LogP contribution is -2.47. The summed E-state index contributed by atoms with van der Waals surface area (Å²) in [6.07, 6.45) is -3.27. The highest BCUT2D eigenvalue weighted by Crippen LogP contribution is 2.30. The van der Waals surface area contributed by atoms with Crippen LogP contribution in [-0.4, -0.2) is 43.0 Å². The second-order valence-electron chi connectivity index (χ2n) is 6.08. The van der Waals surface area contributed by atoms with Crippen LogP contribution < -0.4 is 5.32 Å². The summed E-state index contributed by atoms with van der Waals surface area (Å²) in [6, 6.07) is 4.03. The average molecular weight is 358 g/mol. The molecule has 1 atom stereocenters. The van der Waals surface area contributed by atoms with Gasteiger partial charge in [0.25, 0.3) is 0 Å². The Morgan fingerprint density at radius 3 is 2.48 bits per heavy atom. The van der Waals surface area contributed by atoms with Crippen molar-refractivity contribution < 1.29 is 27.5 Å². The molecule has 0 radical (unpaired) electrons. The molecule has 8 heteroatoms. The largest absolute Gasteiger partial charge is 0.469 e. The Labute approximate surface area is 144 Å². The Morgan fingerprint density at radius 2 is 1.92 bits per heavy atom. The molecule has 1 heterocycles. The summed E-state index contributed by atoms with van der Waals surface area (Å²) in [7, 11) is 1.35. The van der Waals surface area contributed by atoms with Gasteiger partial charge >= 0.3 is 12.1 Å². The van der Waals surface area contributed by atoms with Gasteiger partial charge in [-0.2, -0.15) is 13.2 Å².